The van der Waals surface area contributed by atoms with Gasteiger partial charge in [-0.3, -0.25) is 4.79 Å². The van der Waals surface area contributed by atoms with Gasteiger partial charge in [-0.25, -0.2) is 0 Å². The van der Waals surface area contributed by atoms with Crippen molar-refractivity contribution in [2.45, 2.75) is 26.5 Å². The maximum atomic E-state index is 11.5. The smallest absolute Gasteiger partial charge is 0.259 e. The summed E-state index contributed by atoms with van der Waals surface area (Å²) in [6.07, 6.45) is -4.96. The lowest BCUT2D eigenvalue weighted by Gasteiger charge is -2.27. The van der Waals surface area contributed by atoms with E-state index in [0.717, 1.165) is 0 Å². The predicted octanol–water partition coefficient (Wildman–Crippen LogP) is -1.42. The predicted molar refractivity (Wildman–Crippen MR) is 72.6 cm³/mol. The van der Waals surface area contributed by atoms with Crippen LogP contribution in [-0.4, -0.2) is 65.7 Å². The first-order valence-corrected chi connectivity index (χ1v) is 7.01. The molecule has 18 heavy (non-hydrogen) atoms. The van der Waals surface area contributed by atoms with Crippen LogP contribution in [0.4, 0.5) is 0 Å². The molecule has 0 aromatic rings. The van der Waals surface area contributed by atoms with Crippen molar-refractivity contribution in [3.8, 4) is 0 Å². The Morgan fingerprint density at radius 1 is 1.22 bits per heavy atom. The van der Waals surface area contributed by atoms with Crippen molar-refractivity contribution in [2.24, 2.45) is 0 Å². The summed E-state index contributed by atoms with van der Waals surface area (Å²) in [6.45, 7) is -0.795. The molecule has 0 saturated carbocycles. The van der Waals surface area contributed by atoms with Gasteiger partial charge < -0.3 is 30.5 Å². The van der Waals surface area contributed by atoms with Crippen LogP contribution in [0.5, 0.6) is 0 Å². The lowest BCUT2D eigenvalue weighted by Crippen LogP contribution is -2.55. The highest BCUT2D eigenvalue weighted by Crippen LogP contribution is 2.33. The molecule has 10 heteroatoms. The summed E-state index contributed by atoms with van der Waals surface area (Å²) in [4.78, 5) is 22.2. The molecular formula is C8H12Br3NO6. The van der Waals surface area contributed by atoms with E-state index in [2.05, 4.69) is 53.1 Å². The molecule has 4 atom stereocenters. The van der Waals surface area contributed by atoms with Crippen LogP contribution in [-0.2, 0) is 9.59 Å². The number of carbonyl (C=O) groups excluding carboxylic acids is 2. The fourth-order valence-corrected chi connectivity index (χ4v) is 1.32. The Bertz CT molecular complexity index is 297. The Morgan fingerprint density at radius 2 is 1.72 bits per heavy atom. The van der Waals surface area contributed by atoms with E-state index in [4.69, 9.17) is 10.2 Å². The molecule has 0 unspecified atom stereocenters. The van der Waals surface area contributed by atoms with Crippen molar-refractivity contribution in [3.05, 3.63) is 0 Å². The number of aldehydes is 1. The van der Waals surface area contributed by atoms with Crippen LogP contribution in [0.25, 0.3) is 0 Å². The van der Waals surface area contributed by atoms with Gasteiger partial charge in [0.05, 0.1) is 6.61 Å². The Morgan fingerprint density at radius 3 is 2.06 bits per heavy atom. The zero-order chi connectivity index (χ0) is 14.5. The van der Waals surface area contributed by atoms with E-state index in [1.807, 2.05) is 0 Å². The third kappa shape index (κ3) is 5.59. The summed E-state index contributed by atoms with van der Waals surface area (Å²) in [5.41, 5.74) is 0. The molecule has 0 aliphatic rings. The van der Waals surface area contributed by atoms with E-state index in [0.29, 0.717) is 0 Å². The second kappa shape index (κ2) is 7.88. The van der Waals surface area contributed by atoms with Gasteiger partial charge in [-0.2, -0.15) is 0 Å². The van der Waals surface area contributed by atoms with Crippen LogP contribution in [0.2, 0.25) is 0 Å². The number of carbonyl (C=O) groups is 2. The number of aliphatic hydroxyl groups excluding tert-OH is 4. The fraction of sp³-hybridized carbons (Fsp3) is 0.750. The van der Waals surface area contributed by atoms with Crippen molar-refractivity contribution < 1.29 is 30.0 Å². The van der Waals surface area contributed by atoms with Crippen molar-refractivity contribution in [3.63, 3.8) is 0 Å². The van der Waals surface area contributed by atoms with Gasteiger partial charge in [0.1, 0.15) is 30.6 Å². The monoisotopic (exact) mass is 455 g/mol. The molecule has 0 rings (SSSR count). The molecule has 0 aromatic carbocycles. The molecule has 0 spiro atoms. The summed E-state index contributed by atoms with van der Waals surface area (Å²) in [5, 5.41) is 38.8. The van der Waals surface area contributed by atoms with Crippen molar-refractivity contribution in [1.82, 2.24) is 5.32 Å². The molecule has 1 amide bonds. The zero-order valence-electron chi connectivity index (χ0n) is 8.83. The second-order valence-electron chi connectivity index (χ2n) is 3.36. The van der Waals surface area contributed by atoms with Crippen LogP contribution in [0.1, 0.15) is 0 Å². The minimum Gasteiger partial charge on any atom is -0.394 e. The standard InChI is InChI=1S/C8H12Br3NO6/c9-8(10,11)7(18)12-3(1-13)5(16)6(17)4(15)2-14/h1,3-6,14-17H,2H2,(H,12,18)/t3-,4+,5+,6-/m0/s1. The number of hydrogen-bond donors (Lipinski definition) is 5. The van der Waals surface area contributed by atoms with E-state index in [9.17, 15) is 19.8 Å². The van der Waals surface area contributed by atoms with E-state index in [1.54, 1.807) is 0 Å². The van der Waals surface area contributed by atoms with Crippen LogP contribution in [0.15, 0.2) is 0 Å². The molecule has 5 N–H and O–H groups in total. The molecule has 0 fully saturated rings. The van der Waals surface area contributed by atoms with Crippen LogP contribution in [0, 0.1) is 0 Å². The summed E-state index contributed by atoms with van der Waals surface area (Å²) in [5.74, 6) is -0.732. The van der Waals surface area contributed by atoms with Crippen molar-refractivity contribution in [1.29, 1.82) is 0 Å². The van der Waals surface area contributed by atoms with Gasteiger partial charge >= 0.3 is 0 Å². The number of rotatable bonds is 6. The van der Waals surface area contributed by atoms with Crippen molar-refractivity contribution in [2.75, 3.05) is 6.61 Å². The number of halogens is 3. The molecular weight excluding hydrogens is 446 g/mol. The lowest BCUT2D eigenvalue weighted by atomic mass is 10.0. The first-order chi connectivity index (χ1) is 8.15. The zero-order valence-corrected chi connectivity index (χ0v) is 13.6. The number of aliphatic hydroxyl groups is 4. The third-order valence-electron chi connectivity index (χ3n) is 2.00. The van der Waals surface area contributed by atoms with E-state index < -0.39 is 39.0 Å². The Labute approximate surface area is 128 Å². The fourth-order valence-electron chi connectivity index (χ4n) is 0.981. The molecule has 0 aliphatic carbocycles. The maximum Gasteiger partial charge on any atom is 0.259 e. The first kappa shape index (κ1) is 18.4. The molecule has 0 aliphatic heterocycles. The van der Waals surface area contributed by atoms with Gasteiger partial charge in [0, 0.05) is 0 Å². The Balaban J connectivity index is 4.69. The van der Waals surface area contributed by atoms with E-state index >= 15 is 0 Å². The number of alkyl halides is 3. The quantitative estimate of drug-likeness (QED) is 0.246. The van der Waals surface area contributed by atoms with Gasteiger partial charge in [0.2, 0.25) is 2.14 Å². The van der Waals surface area contributed by atoms with E-state index in [1.165, 1.54) is 0 Å². The summed E-state index contributed by atoms with van der Waals surface area (Å²) in [7, 11) is 0. The van der Waals surface area contributed by atoms with Crippen LogP contribution < -0.4 is 5.32 Å². The number of hydrogen-bond acceptors (Lipinski definition) is 6. The molecule has 0 heterocycles. The number of nitrogens with one attached hydrogen (secondary N) is 1. The van der Waals surface area contributed by atoms with Gasteiger partial charge in [-0.15, -0.1) is 0 Å². The van der Waals surface area contributed by atoms with Gasteiger partial charge in [-0.1, -0.05) is 0 Å². The topological polar surface area (TPSA) is 127 Å². The number of amides is 1. The average molecular weight is 458 g/mol. The van der Waals surface area contributed by atoms with E-state index in [-0.39, 0.29) is 6.29 Å². The summed E-state index contributed by atoms with van der Waals surface area (Å²) < 4.78 is -1.32. The highest BCUT2D eigenvalue weighted by molar-refractivity contribution is 9.40. The SMILES string of the molecule is O=C[C@H](NC(=O)C(Br)(Br)Br)[C@@H](O)[C@@H](O)[C@H](O)CO. The molecule has 0 aromatic heterocycles. The molecule has 0 saturated heterocycles. The van der Waals surface area contributed by atoms with Crippen molar-refractivity contribution >= 4 is 60.0 Å². The van der Waals surface area contributed by atoms with Gasteiger partial charge in [-0.05, 0) is 47.8 Å². The van der Waals surface area contributed by atoms with Gasteiger partial charge in [0.15, 0.2) is 0 Å². The van der Waals surface area contributed by atoms with Crippen LogP contribution in [0.3, 0.4) is 0 Å². The lowest BCUT2D eigenvalue weighted by molar-refractivity contribution is -0.130. The maximum absolute atomic E-state index is 11.5. The largest absolute Gasteiger partial charge is 0.394 e. The highest BCUT2D eigenvalue weighted by atomic mass is 80.0. The molecule has 7 nitrogen and oxygen atoms in total. The average Bonchev–Trinajstić information content (AvgIpc) is 2.31. The Kier molecular flexibility index (Phi) is 8.06. The molecule has 0 bridgehead atoms. The molecule has 106 valence electrons. The Hall–Kier alpha value is 0.420. The van der Waals surface area contributed by atoms with Crippen LogP contribution >= 0.6 is 47.8 Å². The normalized spacial score (nSPS) is 18.6. The second-order valence-corrected chi connectivity index (χ2v) is 10.1. The molecule has 0 radical (unpaired) electrons. The third-order valence-corrected chi connectivity index (χ3v) is 3.08. The minimum absolute atomic E-state index is 0.203. The summed E-state index contributed by atoms with van der Waals surface area (Å²) >= 11 is 8.71. The highest BCUT2D eigenvalue weighted by Gasteiger charge is 2.36. The van der Waals surface area contributed by atoms with Gasteiger partial charge in [0.25, 0.3) is 5.91 Å². The first-order valence-electron chi connectivity index (χ1n) is 4.63. The summed E-state index contributed by atoms with van der Waals surface area (Å²) in [6, 6.07) is -1.44. The minimum atomic E-state index is -1.78.